The second-order valence-electron chi connectivity index (χ2n) is 10.1. The maximum atomic E-state index is 12.9. The van der Waals surface area contributed by atoms with Gasteiger partial charge in [-0.15, -0.1) is 0 Å². The molecule has 4 rings (SSSR count). The van der Waals surface area contributed by atoms with Crippen LogP contribution in [0.2, 0.25) is 5.02 Å². The van der Waals surface area contributed by atoms with E-state index in [9.17, 15) is 13.2 Å². The zero-order chi connectivity index (χ0) is 28.6. The predicted molar refractivity (Wildman–Crippen MR) is 156 cm³/mol. The van der Waals surface area contributed by atoms with Crippen molar-refractivity contribution in [3.63, 3.8) is 0 Å². The lowest BCUT2D eigenvalue weighted by Gasteiger charge is -2.31. The molecule has 39 heavy (non-hydrogen) atoms. The van der Waals surface area contributed by atoms with Crippen molar-refractivity contribution >= 4 is 39.1 Å². The highest BCUT2D eigenvalue weighted by Crippen LogP contribution is 2.25. The zero-order valence-corrected chi connectivity index (χ0v) is 24.6. The molecule has 2 aromatic heterocycles. The first-order chi connectivity index (χ1) is 18.5. The molecule has 1 aliphatic heterocycles. The number of hydrogen-bond donors (Lipinski definition) is 3. The number of anilines is 1. The number of amides is 1. The van der Waals surface area contributed by atoms with E-state index in [0.717, 1.165) is 50.0 Å². The van der Waals surface area contributed by atoms with Crippen molar-refractivity contribution in [2.45, 2.75) is 64.2 Å². The number of nitrogens with two attached hydrogens (primary N) is 1. The van der Waals surface area contributed by atoms with Crippen LogP contribution in [-0.4, -0.2) is 59.3 Å². The summed E-state index contributed by atoms with van der Waals surface area (Å²) in [6.45, 7) is 10.3. The smallest absolute Gasteiger partial charge is 0.294 e. The van der Waals surface area contributed by atoms with Gasteiger partial charge in [-0.05, 0) is 76.4 Å². The lowest BCUT2D eigenvalue weighted by molar-refractivity contribution is 0.0937. The van der Waals surface area contributed by atoms with Crippen LogP contribution in [-0.2, 0) is 16.5 Å². The second kappa shape index (κ2) is 14.1. The number of rotatable bonds is 9. The fraction of sp³-hybridized carbons (Fsp3) is 0.500. The molecule has 1 saturated heterocycles. The number of nitrogen functional groups attached to an aromatic ring is 1. The van der Waals surface area contributed by atoms with Gasteiger partial charge in [0.1, 0.15) is 5.82 Å². The molecule has 1 fully saturated rings. The van der Waals surface area contributed by atoms with Crippen molar-refractivity contribution in [3.05, 3.63) is 58.4 Å². The lowest BCUT2D eigenvalue weighted by atomic mass is 9.96. The Labute approximate surface area is 236 Å². The molecule has 0 saturated carbocycles. The summed E-state index contributed by atoms with van der Waals surface area (Å²) in [7, 11) is -4.02. The molecule has 4 N–H and O–H groups in total. The van der Waals surface area contributed by atoms with E-state index in [4.69, 9.17) is 21.9 Å². The van der Waals surface area contributed by atoms with Crippen LogP contribution in [0.5, 0.6) is 0 Å². The van der Waals surface area contributed by atoms with E-state index in [1.54, 1.807) is 22.6 Å². The third-order valence-corrected chi connectivity index (χ3v) is 8.10. The Morgan fingerprint density at radius 1 is 1.18 bits per heavy atom. The fourth-order valence-electron chi connectivity index (χ4n) is 4.56. The number of nitrogens with zero attached hydrogens (tertiary/aromatic N) is 3. The molecule has 9 nitrogen and oxygen atoms in total. The highest BCUT2D eigenvalue weighted by atomic mass is 35.5. The van der Waals surface area contributed by atoms with Crippen molar-refractivity contribution in [1.82, 2.24) is 19.6 Å². The van der Waals surface area contributed by atoms with E-state index in [0.29, 0.717) is 34.5 Å². The molecular formula is C28H40ClN5O4S. The first-order valence-electron chi connectivity index (χ1n) is 13.5. The van der Waals surface area contributed by atoms with Crippen LogP contribution in [0.25, 0.3) is 5.65 Å². The highest BCUT2D eigenvalue weighted by Gasteiger charge is 2.22. The summed E-state index contributed by atoms with van der Waals surface area (Å²) in [4.78, 5) is 19.9. The first kappa shape index (κ1) is 30.9. The van der Waals surface area contributed by atoms with Crippen molar-refractivity contribution in [2.24, 2.45) is 5.92 Å². The number of likely N-dealkylation sites (tertiary alicyclic amines) is 1. The third-order valence-electron chi connectivity index (χ3n) is 6.93. The Morgan fingerprint density at radius 2 is 1.85 bits per heavy atom. The van der Waals surface area contributed by atoms with Crippen LogP contribution in [0.3, 0.4) is 0 Å². The van der Waals surface area contributed by atoms with E-state index < -0.39 is 10.1 Å². The lowest BCUT2D eigenvalue weighted by Crippen LogP contribution is -2.39. The van der Waals surface area contributed by atoms with Gasteiger partial charge >= 0.3 is 0 Å². The predicted octanol–water partition coefficient (Wildman–Crippen LogP) is 5.01. The average molecular weight is 578 g/mol. The number of pyridine rings is 1. The maximum absolute atomic E-state index is 12.9. The number of hydrogen-bond acceptors (Lipinski definition) is 6. The topological polar surface area (TPSA) is 130 Å². The molecule has 1 amide bonds. The number of aromatic nitrogens is 2. The van der Waals surface area contributed by atoms with Gasteiger partial charge in [0.15, 0.2) is 5.65 Å². The van der Waals surface area contributed by atoms with Crippen LogP contribution < -0.4 is 11.1 Å². The molecule has 11 heteroatoms. The van der Waals surface area contributed by atoms with Gasteiger partial charge in [0.2, 0.25) is 0 Å². The minimum absolute atomic E-state index is 0.0666. The number of nitrogens with one attached hydrogen (secondary N) is 1. The molecule has 0 spiro atoms. The number of fused-ring (bicyclic) bond motifs is 1. The van der Waals surface area contributed by atoms with Gasteiger partial charge in [-0.2, -0.15) is 8.42 Å². The number of piperidine rings is 1. The number of benzene rings is 1. The Hall–Kier alpha value is -2.66. The molecule has 0 aliphatic carbocycles. The van der Waals surface area contributed by atoms with Gasteiger partial charge in [-0.1, -0.05) is 56.0 Å². The molecule has 0 unspecified atom stereocenters. The highest BCUT2D eigenvalue weighted by molar-refractivity contribution is 7.85. The van der Waals surface area contributed by atoms with Crippen LogP contribution in [0.4, 0.5) is 5.82 Å². The fourth-order valence-corrected chi connectivity index (χ4v) is 5.25. The monoisotopic (exact) mass is 577 g/mol. The SMILES string of the molecule is CCCCN1CCC(CNC(=O)c2cc(Cl)c(N)n3cc(CCC)nc23)CC1.Cc1ccc(S(=O)(=O)O)cc1. The van der Waals surface area contributed by atoms with Gasteiger partial charge in [0.05, 0.1) is 21.2 Å². The van der Waals surface area contributed by atoms with Crippen LogP contribution in [0.15, 0.2) is 41.4 Å². The number of carbonyl (C=O) groups excluding carboxylic acids is 1. The van der Waals surface area contributed by atoms with Gasteiger partial charge in [0, 0.05) is 12.7 Å². The molecule has 3 heterocycles. The summed E-state index contributed by atoms with van der Waals surface area (Å²) in [6.07, 6.45) is 8.47. The number of halogens is 1. The number of aryl methyl sites for hydroxylation is 2. The Kier molecular flexibility index (Phi) is 11.2. The minimum atomic E-state index is -4.02. The quantitative estimate of drug-likeness (QED) is 0.305. The maximum Gasteiger partial charge on any atom is 0.294 e. The van der Waals surface area contributed by atoms with Crippen LogP contribution >= 0.6 is 11.6 Å². The minimum Gasteiger partial charge on any atom is -0.384 e. The van der Waals surface area contributed by atoms with Gasteiger partial charge in [0.25, 0.3) is 16.0 Å². The zero-order valence-electron chi connectivity index (χ0n) is 23.0. The summed E-state index contributed by atoms with van der Waals surface area (Å²) in [6, 6.07) is 7.62. The third kappa shape index (κ3) is 8.66. The molecular weight excluding hydrogens is 538 g/mol. The summed E-state index contributed by atoms with van der Waals surface area (Å²) < 4.78 is 31.3. The average Bonchev–Trinajstić information content (AvgIpc) is 3.33. The Balaban J connectivity index is 0.000000320. The van der Waals surface area contributed by atoms with Crippen LogP contribution in [0.1, 0.15) is 67.6 Å². The Morgan fingerprint density at radius 3 is 2.44 bits per heavy atom. The molecule has 0 atom stereocenters. The second-order valence-corrected chi connectivity index (χ2v) is 11.9. The molecule has 0 radical (unpaired) electrons. The summed E-state index contributed by atoms with van der Waals surface area (Å²) in [5.74, 6) is 0.814. The molecule has 0 bridgehead atoms. The molecule has 3 aromatic rings. The normalized spacial score (nSPS) is 14.7. The van der Waals surface area contributed by atoms with Gasteiger partial charge in [-0.3, -0.25) is 13.7 Å². The van der Waals surface area contributed by atoms with E-state index in [1.165, 1.54) is 31.5 Å². The summed E-state index contributed by atoms with van der Waals surface area (Å²) >= 11 is 6.27. The summed E-state index contributed by atoms with van der Waals surface area (Å²) in [5, 5.41) is 3.47. The molecule has 1 aromatic carbocycles. The van der Waals surface area contributed by atoms with E-state index in [1.807, 2.05) is 13.1 Å². The van der Waals surface area contributed by atoms with Crippen molar-refractivity contribution in [1.29, 1.82) is 0 Å². The Bertz CT molecular complexity index is 1350. The first-order valence-corrected chi connectivity index (χ1v) is 15.4. The molecule has 1 aliphatic rings. The van der Waals surface area contributed by atoms with Crippen molar-refractivity contribution in [2.75, 3.05) is 31.9 Å². The van der Waals surface area contributed by atoms with Crippen molar-refractivity contribution in [3.8, 4) is 0 Å². The number of imidazole rings is 1. The number of carbonyl (C=O) groups is 1. The van der Waals surface area contributed by atoms with Crippen molar-refractivity contribution < 1.29 is 17.8 Å². The standard InChI is InChI=1S/C21H32ClN5O.C7H8O3S/c1-3-5-9-26-10-7-15(8-11-26)13-24-21(28)17-12-18(22)19(23)27-14-16(6-4-2)25-20(17)27;1-6-2-4-7(5-3-6)11(8,9)10/h12,14-15H,3-11,13,23H2,1-2H3,(H,24,28);2-5H,1H3,(H,8,9,10). The largest absolute Gasteiger partial charge is 0.384 e. The summed E-state index contributed by atoms with van der Waals surface area (Å²) in [5.41, 5.74) is 9.04. The molecule has 214 valence electrons. The van der Waals surface area contributed by atoms with E-state index >= 15 is 0 Å². The van der Waals surface area contributed by atoms with Gasteiger partial charge < -0.3 is 16.0 Å². The van der Waals surface area contributed by atoms with E-state index in [-0.39, 0.29) is 10.8 Å². The van der Waals surface area contributed by atoms with E-state index in [2.05, 4.69) is 29.0 Å². The number of unbranched alkanes of at least 4 members (excludes halogenated alkanes) is 1. The van der Waals surface area contributed by atoms with Gasteiger partial charge in [-0.25, -0.2) is 4.98 Å². The van der Waals surface area contributed by atoms with Crippen LogP contribution in [0, 0.1) is 12.8 Å².